The molecular weight excluding hydrogens is 232 g/mol. The van der Waals surface area contributed by atoms with E-state index in [9.17, 15) is 20.1 Å². The highest BCUT2D eigenvalue weighted by Gasteiger charge is 2.48. The van der Waals surface area contributed by atoms with Crippen LogP contribution in [-0.4, -0.2) is 38.9 Å². The van der Waals surface area contributed by atoms with E-state index >= 15 is 0 Å². The molecule has 4 heteroatoms. The summed E-state index contributed by atoms with van der Waals surface area (Å²) in [7, 11) is 0. The second-order valence-electron chi connectivity index (χ2n) is 5.05. The monoisotopic (exact) mass is 256 g/mol. The predicted octanol–water partition coefficient (Wildman–Crippen LogP) is 1.33. The minimum absolute atomic E-state index is 0.139. The quantitative estimate of drug-likeness (QED) is 0.495. The molecule has 0 aliphatic heterocycles. The summed E-state index contributed by atoms with van der Waals surface area (Å²) in [6, 6.07) is 0. The summed E-state index contributed by atoms with van der Waals surface area (Å²) in [4.78, 5) is 11.7. The van der Waals surface area contributed by atoms with Crippen molar-refractivity contribution in [2.45, 2.75) is 69.7 Å². The summed E-state index contributed by atoms with van der Waals surface area (Å²) in [6.45, 7) is 2.10. The van der Waals surface area contributed by atoms with E-state index in [1.54, 1.807) is 0 Å². The fraction of sp³-hybridized carbons (Fsp3) is 0.786. The van der Waals surface area contributed by atoms with Gasteiger partial charge in [-0.15, -0.1) is 0 Å². The van der Waals surface area contributed by atoms with Crippen molar-refractivity contribution in [3.63, 3.8) is 0 Å². The van der Waals surface area contributed by atoms with Gasteiger partial charge in [0.15, 0.2) is 11.4 Å². The second-order valence-corrected chi connectivity index (χ2v) is 5.05. The first-order valence-electron chi connectivity index (χ1n) is 6.79. The molecule has 1 aliphatic carbocycles. The third-order valence-electron chi connectivity index (χ3n) is 3.55. The van der Waals surface area contributed by atoms with Crippen LogP contribution in [0.1, 0.15) is 51.9 Å². The lowest BCUT2D eigenvalue weighted by Crippen LogP contribution is -2.58. The largest absolute Gasteiger partial charge is 0.390 e. The van der Waals surface area contributed by atoms with Gasteiger partial charge >= 0.3 is 0 Å². The van der Waals surface area contributed by atoms with Gasteiger partial charge in [-0.05, 0) is 32.1 Å². The summed E-state index contributed by atoms with van der Waals surface area (Å²) >= 11 is 0. The SMILES string of the molecule is CCC/C=C\CCC[C@]1(O)C(=O)CC[C@H](O)[C@H]1O. The molecule has 3 atom stereocenters. The van der Waals surface area contributed by atoms with Crippen LogP contribution in [0, 0.1) is 0 Å². The molecule has 0 unspecified atom stereocenters. The van der Waals surface area contributed by atoms with E-state index in [1.807, 2.05) is 6.08 Å². The zero-order chi connectivity index (χ0) is 13.6. The van der Waals surface area contributed by atoms with E-state index in [-0.39, 0.29) is 25.0 Å². The van der Waals surface area contributed by atoms with Crippen LogP contribution in [-0.2, 0) is 4.79 Å². The Balaban J connectivity index is 2.44. The molecule has 3 N–H and O–H groups in total. The number of hydrogen-bond acceptors (Lipinski definition) is 4. The van der Waals surface area contributed by atoms with Gasteiger partial charge in [-0.2, -0.15) is 0 Å². The van der Waals surface area contributed by atoms with Crippen LogP contribution < -0.4 is 0 Å². The van der Waals surface area contributed by atoms with E-state index in [0.29, 0.717) is 6.42 Å². The lowest BCUT2D eigenvalue weighted by molar-refractivity contribution is -0.174. The number of allylic oxidation sites excluding steroid dienone is 2. The Morgan fingerprint density at radius 3 is 2.67 bits per heavy atom. The highest BCUT2D eigenvalue weighted by molar-refractivity contribution is 5.88. The van der Waals surface area contributed by atoms with Crippen LogP contribution in [0.3, 0.4) is 0 Å². The highest BCUT2D eigenvalue weighted by atomic mass is 16.4. The van der Waals surface area contributed by atoms with Gasteiger partial charge in [0.05, 0.1) is 6.10 Å². The highest BCUT2D eigenvalue weighted by Crippen LogP contribution is 2.30. The summed E-state index contributed by atoms with van der Waals surface area (Å²) in [6.07, 6.45) is 5.89. The van der Waals surface area contributed by atoms with Crippen molar-refractivity contribution in [1.29, 1.82) is 0 Å². The summed E-state index contributed by atoms with van der Waals surface area (Å²) < 4.78 is 0. The Hall–Kier alpha value is -0.710. The van der Waals surface area contributed by atoms with Crippen LogP contribution >= 0.6 is 0 Å². The Bertz CT molecular complexity index is 300. The molecule has 1 aliphatic rings. The van der Waals surface area contributed by atoms with Crippen molar-refractivity contribution >= 4 is 5.78 Å². The van der Waals surface area contributed by atoms with E-state index in [4.69, 9.17) is 0 Å². The Kier molecular flexibility index (Phi) is 5.99. The van der Waals surface area contributed by atoms with Crippen molar-refractivity contribution in [3.8, 4) is 0 Å². The number of Topliss-reactive ketones (excluding diaryl/α,β-unsaturated/α-hetero) is 1. The topological polar surface area (TPSA) is 77.8 Å². The van der Waals surface area contributed by atoms with Crippen LogP contribution in [0.2, 0.25) is 0 Å². The Labute approximate surface area is 108 Å². The lowest BCUT2D eigenvalue weighted by Gasteiger charge is -2.38. The van der Waals surface area contributed by atoms with Gasteiger partial charge in [0.2, 0.25) is 0 Å². The van der Waals surface area contributed by atoms with E-state index in [2.05, 4.69) is 13.0 Å². The average molecular weight is 256 g/mol. The van der Waals surface area contributed by atoms with Crippen molar-refractivity contribution in [3.05, 3.63) is 12.2 Å². The smallest absolute Gasteiger partial charge is 0.167 e. The van der Waals surface area contributed by atoms with Gasteiger partial charge < -0.3 is 15.3 Å². The molecule has 0 radical (unpaired) electrons. The fourth-order valence-corrected chi connectivity index (χ4v) is 2.32. The number of rotatable bonds is 6. The van der Waals surface area contributed by atoms with Gasteiger partial charge in [-0.25, -0.2) is 0 Å². The average Bonchev–Trinajstić information content (AvgIpc) is 2.36. The molecule has 0 bridgehead atoms. The zero-order valence-corrected chi connectivity index (χ0v) is 11.0. The summed E-state index contributed by atoms with van der Waals surface area (Å²) in [5.41, 5.74) is -1.75. The van der Waals surface area contributed by atoms with E-state index in [1.165, 1.54) is 0 Å². The molecule has 1 fully saturated rings. The molecule has 0 heterocycles. The van der Waals surface area contributed by atoms with Gasteiger partial charge in [0.1, 0.15) is 6.10 Å². The van der Waals surface area contributed by atoms with Crippen LogP contribution in [0.4, 0.5) is 0 Å². The number of carbonyl (C=O) groups is 1. The first kappa shape index (κ1) is 15.3. The van der Waals surface area contributed by atoms with Crippen molar-refractivity contribution < 1.29 is 20.1 Å². The summed E-state index contributed by atoms with van der Waals surface area (Å²) in [5, 5.41) is 29.5. The number of ketones is 1. The van der Waals surface area contributed by atoms with Crippen LogP contribution in [0.15, 0.2) is 12.2 Å². The molecule has 4 nitrogen and oxygen atoms in total. The molecule has 0 saturated heterocycles. The summed E-state index contributed by atoms with van der Waals surface area (Å²) in [5.74, 6) is -0.349. The molecule has 0 aromatic carbocycles. The molecule has 0 aromatic heterocycles. The molecule has 0 aromatic rings. The maximum atomic E-state index is 11.7. The first-order chi connectivity index (χ1) is 8.52. The zero-order valence-electron chi connectivity index (χ0n) is 11.0. The first-order valence-corrected chi connectivity index (χ1v) is 6.79. The van der Waals surface area contributed by atoms with Gasteiger partial charge in [-0.1, -0.05) is 25.5 Å². The van der Waals surface area contributed by atoms with Gasteiger partial charge in [0.25, 0.3) is 0 Å². The molecule has 104 valence electrons. The number of carbonyl (C=O) groups excluding carboxylic acids is 1. The maximum absolute atomic E-state index is 11.7. The molecule has 1 rings (SSSR count). The number of hydrogen-bond donors (Lipinski definition) is 3. The number of aliphatic hydroxyl groups excluding tert-OH is 2. The van der Waals surface area contributed by atoms with Crippen molar-refractivity contribution in [2.24, 2.45) is 0 Å². The molecule has 1 saturated carbocycles. The van der Waals surface area contributed by atoms with E-state index in [0.717, 1.165) is 19.3 Å². The molecule has 18 heavy (non-hydrogen) atoms. The Morgan fingerprint density at radius 2 is 2.00 bits per heavy atom. The predicted molar refractivity (Wildman–Crippen MR) is 69.1 cm³/mol. The third kappa shape index (κ3) is 3.64. The minimum atomic E-state index is -1.75. The Morgan fingerprint density at radius 1 is 1.33 bits per heavy atom. The third-order valence-corrected chi connectivity index (χ3v) is 3.55. The van der Waals surface area contributed by atoms with Crippen molar-refractivity contribution in [2.75, 3.05) is 0 Å². The molecule has 0 amide bonds. The maximum Gasteiger partial charge on any atom is 0.167 e. The van der Waals surface area contributed by atoms with Gasteiger partial charge in [-0.3, -0.25) is 4.79 Å². The minimum Gasteiger partial charge on any atom is -0.390 e. The van der Waals surface area contributed by atoms with Crippen LogP contribution in [0.5, 0.6) is 0 Å². The standard InChI is InChI=1S/C14H24O4/c1-2-3-4-5-6-7-10-14(18)12(16)9-8-11(15)13(14)17/h4-5,11,13,15,17-18H,2-3,6-10H2,1H3/b5-4-/t11-,13+,14-/m0/s1. The number of aliphatic hydroxyl groups is 3. The second kappa shape index (κ2) is 7.02. The fourth-order valence-electron chi connectivity index (χ4n) is 2.32. The molecule has 0 spiro atoms. The van der Waals surface area contributed by atoms with Gasteiger partial charge in [0, 0.05) is 6.42 Å². The molecular formula is C14H24O4. The normalized spacial score (nSPS) is 33.2. The van der Waals surface area contributed by atoms with Crippen molar-refractivity contribution in [1.82, 2.24) is 0 Å². The number of unbranched alkanes of at least 4 members (excludes halogenated alkanes) is 2. The van der Waals surface area contributed by atoms with Crippen LogP contribution in [0.25, 0.3) is 0 Å². The lowest BCUT2D eigenvalue weighted by atomic mass is 9.76. The van der Waals surface area contributed by atoms with E-state index < -0.39 is 17.8 Å².